The molecule has 0 atom stereocenters. The van der Waals surface area contributed by atoms with Crippen molar-refractivity contribution in [3.05, 3.63) is 17.5 Å². The molecule has 1 fully saturated rings. The van der Waals surface area contributed by atoms with E-state index in [-0.39, 0.29) is 0 Å². The minimum atomic E-state index is 0.362. The van der Waals surface area contributed by atoms with E-state index in [2.05, 4.69) is 28.7 Å². The Morgan fingerprint density at radius 3 is 2.64 bits per heavy atom. The van der Waals surface area contributed by atoms with Crippen LogP contribution in [-0.4, -0.2) is 23.1 Å². The summed E-state index contributed by atoms with van der Waals surface area (Å²) in [5.41, 5.74) is 0.362. The summed E-state index contributed by atoms with van der Waals surface area (Å²) in [5, 5.41) is 0.505. The Labute approximate surface area is 89.1 Å². The number of halogens is 1. The van der Waals surface area contributed by atoms with Gasteiger partial charge in [0.2, 0.25) is 0 Å². The molecule has 76 valence electrons. The number of hydrogen-bond donors (Lipinski definition) is 0. The molecule has 14 heavy (non-hydrogen) atoms. The zero-order chi connectivity index (χ0) is 10.2. The first kappa shape index (κ1) is 9.71. The van der Waals surface area contributed by atoms with E-state index < -0.39 is 0 Å². The van der Waals surface area contributed by atoms with Crippen molar-refractivity contribution in [2.45, 2.75) is 20.3 Å². The molecule has 1 aliphatic rings. The second-order valence-electron chi connectivity index (χ2n) is 4.51. The van der Waals surface area contributed by atoms with Crippen molar-refractivity contribution in [2.75, 3.05) is 18.0 Å². The van der Waals surface area contributed by atoms with Gasteiger partial charge in [-0.25, -0.2) is 9.97 Å². The molecule has 1 aromatic heterocycles. The van der Waals surface area contributed by atoms with Crippen LogP contribution in [0.5, 0.6) is 0 Å². The van der Waals surface area contributed by atoms with E-state index >= 15 is 0 Å². The molecule has 0 radical (unpaired) electrons. The standard InChI is InChI=1S/C10H14ClN3/c1-10(2)3-6-14(7-10)9-8(11)12-4-5-13-9/h4-5H,3,6-7H2,1-2H3. The van der Waals surface area contributed by atoms with Gasteiger partial charge < -0.3 is 4.90 Å². The Balaban J connectivity index is 2.22. The van der Waals surface area contributed by atoms with Gasteiger partial charge in [-0.2, -0.15) is 0 Å². The topological polar surface area (TPSA) is 29.0 Å². The smallest absolute Gasteiger partial charge is 0.171 e. The summed E-state index contributed by atoms with van der Waals surface area (Å²) in [6.45, 7) is 6.55. The lowest BCUT2D eigenvalue weighted by molar-refractivity contribution is 0.418. The molecule has 0 N–H and O–H groups in total. The molecule has 0 spiro atoms. The summed E-state index contributed by atoms with van der Waals surface area (Å²) in [5.74, 6) is 0.819. The quantitative estimate of drug-likeness (QED) is 0.714. The van der Waals surface area contributed by atoms with E-state index in [1.165, 1.54) is 6.42 Å². The van der Waals surface area contributed by atoms with Gasteiger partial charge >= 0.3 is 0 Å². The molecule has 0 saturated carbocycles. The van der Waals surface area contributed by atoms with Gasteiger partial charge in [0, 0.05) is 25.5 Å². The van der Waals surface area contributed by atoms with Gasteiger partial charge in [-0.3, -0.25) is 0 Å². The fourth-order valence-electron chi connectivity index (χ4n) is 1.82. The molecule has 2 rings (SSSR count). The third-order valence-corrected chi connectivity index (χ3v) is 2.88. The first-order chi connectivity index (χ1) is 6.58. The zero-order valence-electron chi connectivity index (χ0n) is 8.50. The van der Waals surface area contributed by atoms with E-state index in [9.17, 15) is 0 Å². The molecule has 1 aliphatic heterocycles. The van der Waals surface area contributed by atoms with E-state index in [0.29, 0.717) is 10.6 Å². The van der Waals surface area contributed by atoms with E-state index in [4.69, 9.17) is 11.6 Å². The first-order valence-electron chi connectivity index (χ1n) is 4.80. The minimum absolute atomic E-state index is 0.362. The monoisotopic (exact) mass is 211 g/mol. The van der Waals surface area contributed by atoms with E-state index in [0.717, 1.165) is 18.9 Å². The lowest BCUT2D eigenvalue weighted by atomic mass is 9.93. The summed E-state index contributed by atoms with van der Waals surface area (Å²) >= 11 is 5.98. The van der Waals surface area contributed by atoms with Gasteiger partial charge in [-0.1, -0.05) is 25.4 Å². The largest absolute Gasteiger partial charge is 0.354 e. The Hall–Kier alpha value is -0.830. The first-order valence-corrected chi connectivity index (χ1v) is 5.18. The van der Waals surface area contributed by atoms with Gasteiger partial charge in [0.1, 0.15) is 0 Å². The number of nitrogens with zero attached hydrogens (tertiary/aromatic N) is 3. The highest BCUT2D eigenvalue weighted by Gasteiger charge is 2.30. The van der Waals surface area contributed by atoms with Crippen LogP contribution in [0.2, 0.25) is 5.15 Å². The summed E-state index contributed by atoms with van der Waals surface area (Å²) < 4.78 is 0. The zero-order valence-corrected chi connectivity index (χ0v) is 9.25. The number of hydrogen-bond acceptors (Lipinski definition) is 3. The molecular weight excluding hydrogens is 198 g/mol. The van der Waals surface area contributed by atoms with Crippen LogP contribution in [0.4, 0.5) is 5.82 Å². The number of anilines is 1. The van der Waals surface area contributed by atoms with E-state index in [1.54, 1.807) is 12.4 Å². The third-order valence-electron chi connectivity index (χ3n) is 2.61. The predicted molar refractivity (Wildman–Crippen MR) is 57.7 cm³/mol. The van der Waals surface area contributed by atoms with Crippen molar-refractivity contribution in [3.8, 4) is 0 Å². The predicted octanol–water partition coefficient (Wildman–Crippen LogP) is 2.37. The van der Waals surface area contributed by atoms with Gasteiger partial charge in [-0.15, -0.1) is 0 Å². The normalized spacial score (nSPS) is 20.1. The van der Waals surface area contributed by atoms with Crippen molar-refractivity contribution in [1.82, 2.24) is 9.97 Å². The van der Waals surface area contributed by atoms with Crippen LogP contribution in [0.25, 0.3) is 0 Å². The van der Waals surface area contributed by atoms with E-state index in [1.807, 2.05) is 0 Å². The Morgan fingerprint density at radius 2 is 2.07 bits per heavy atom. The highest BCUT2D eigenvalue weighted by Crippen LogP contribution is 2.33. The Kier molecular flexibility index (Phi) is 2.35. The summed E-state index contributed by atoms with van der Waals surface area (Å²) in [6, 6.07) is 0. The van der Waals surface area contributed by atoms with Crippen molar-refractivity contribution in [2.24, 2.45) is 5.41 Å². The second kappa shape index (κ2) is 3.39. The maximum absolute atomic E-state index is 5.98. The molecule has 2 heterocycles. The van der Waals surface area contributed by atoms with Crippen LogP contribution in [0, 0.1) is 5.41 Å². The fourth-order valence-corrected chi connectivity index (χ4v) is 2.04. The molecule has 1 aromatic rings. The Morgan fingerprint density at radius 1 is 1.36 bits per heavy atom. The molecular formula is C10H14ClN3. The minimum Gasteiger partial charge on any atom is -0.354 e. The average Bonchev–Trinajstić information content (AvgIpc) is 2.47. The molecule has 0 unspecified atom stereocenters. The maximum Gasteiger partial charge on any atom is 0.171 e. The average molecular weight is 212 g/mol. The molecule has 0 bridgehead atoms. The van der Waals surface area contributed by atoms with Crippen LogP contribution in [0.15, 0.2) is 12.4 Å². The molecule has 0 aliphatic carbocycles. The third kappa shape index (κ3) is 1.82. The highest BCUT2D eigenvalue weighted by molar-refractivity contribution is 6.31. The maximum atomic E-state index is 5.98. The van der Waals surface area contributed by atoms with Crippen LogP contribution in [-0.2, 0) is 0 Å². The summed E-state index contributed by atoms with van der Waals surface area (Å²) in [4.78, 5) is 10.5. The highest BCUT2D eigenvalue weighted by atomic mass is 35.5. The molecule has 0 aromatic carbocycles. The van der Waals surface area contributed by atoms with Crippen molar-refractivity contribution < 1.29 is 0 Å². The fraction of sp³-hybridized carbons (Fsp3) is 0.600. The molecule has 3 nitrogen and oxygen atoms in total. The Bertz CT molecular complexity index is 338. The number of rotatable bonds is 1. The van der Waals surface area contributed by atoms with Crippen molar-refractivity contribution in [1.29, 1.82) is 0 Å². The molecule has 4 heteroatoms. The summed E-state index contributed by atoms with van der Waals surface area (Å²) in [6.07, 6.45) is 4.49. The lowest BCUT2D eigenvalue weighted by Gasteiger charge is -2.20. The van der Waals surface area contributed by atoms with Crippen molar-refractivity contribution in [3.63, 3.8) is 0 Å². The van der Waals surface area contributed by atoms with Gasteiger partial charge in [-0.05, 0) is 11.8 Å². The number of aromatic nitrogens is 2. The van der Waals surface area contributed by atoms with Crippen LogP contribution < -0.4 is 4.90 Å². The summed E-state index contributed by atoms with van der Waals surface area (Å²) in [7, 11) is 0. The van der Waals surface area contributed by atoms with Crippen LogP contribution in [0.3, 0.4) is 0 Å². The van der Waals surface area contributed by atoms with Gasteiger partial charge in [0.05, 0.1) is 0 Å². The molecule has 1 saturated heterocycles. The van der Waals surface area contributed by atoms with Gasteiger partial charge in [0.15, 0.2) is 11.0 Å². The van der Waals surface area contributed by atoms with Crippen LogP contribution in [0.1, 0.15) is 20.3 Å². The lowest BCUT2D eigenvalue weighted by Crippen LogP contribution is -2.24. The second-order valence-corrected chi connectivity index (χ2v) is 4.86. The van der Waals surface area contributed by atoms with Crippen LogP contribution >= 0.6 is 11.6 Å². The molecule has 0 amide bonds. The van der Waals surface area contributed by atoms with Crippen molar-refractivity contribution >= 4 is 17.4 Å². The van der Waals surface area contributed by atoms with Gasteiger partial charge in [0.25, 0.3) is 0 Å². The SMILES string of the molecule is CC1(C)CCN(c2nccnc2Cl)C1.